The molecule has 1 saturated heterocycles. The molecule has 2 rings (SSSR count). The molecule has 1 aromatic rings. The van der Waals surface area contributed by atoms with Crippen molar-refractivity contribution in [2.45, 2.75) is 6.92 Å². The zero-order chi connectivity index (χ0) is 14.0. The molecule has 102 valence electrons. The quantitative estimate of drug-likeness (QED) is 0.677. The molecular formula is C12H13ClN2O4. The van der Waals surface area contributed by atoms with Crippen LogP contribution in [0.2, 0.25) is 5.02 Å². The molecule has 0 atom stereocenters. The van der Waals surface area contributed by atoms with Crippen LogP contribution in [0.25, 0.3) is 0 Å². The summed E-state index contributed by atoms with van der Waals surface area (Å²) in [5.41, 5.74) is 0.0669. The van der Waals surface area contributed by atoms with Gasteiger partial charge in [-0.3, -0.25) is 14.9 Å². The normalized spacial score (nSPS) is 16.5. The summed E-state index contributed by atoms with van der Waals surface area (Å²) in [5.74, 6) is -0.301. The van der Waals surface area contributed by atoms with Crippen LogP contribution in [-0.2, 0) is 4.74 Å². The van der Waals surface area contributed by atoms with E-state index in [2.05, 4.69) is 5.32 Å². The van der Waals surface area contributed by atoms with Crippen molar-refractivity contribution in [2.75, 3.05) is 19.8 Å². The Morgan fingerprint density at radius 3 is 2.74 bits per heavy atom. The number of benzene rings is 1. The first-order chi connectivity index (χ1) is 8.91. The van der Waals surface area contributed by atoms with Crippen LogP contribution < -0.4 is 5.32 Å². The Bertz CT molecular complexity index is 528. The standard InChI is InChI=1S/C12H13ClN2O4/c1-12(6-19-7-12)5-14-11(16)8-2-3-10(15(17)18)9(13)4-8/h2-4H,5-7H2,1H3,(H,14,16). The zero-order valence-corrected chi connectivity index (χ0v) is 11.1. The minimum absolute atomic E-state index is 0.0275. The number of nitrogens with one attached hydrogen (secondary N) is 1. The number of carbonyl (C=O) groups is 1. The van der Waals surface area contributed by atoms with E-state index < -0.39 is 4.92 Å². The van der Waals surface area contributed by atoms with Gasteiger partial charge < -0.3 is 10.1 Å². The topological polar surface area (TPSA) is 81.5 Å². The second kappa shape index (κ2) is 5.14. The van der Waals surface area contributed by atoms with Crippen LogP contribution >= 0.6 is 11.6 Å². The van der Waals surface area contributed by atoms with Crippen molar-refractivity contribution in [1.29, 1.82) is 0 Å². The lowest BCUT2D eigenvalue weighted by atomic mass is 9.88. The van der Waals surface area contributed by atoms with Gasteiger partial charge in [-0.1, -0.05) is 18.5 Å². The molecule has 7 heteroatoms. The van der Waals surface area contributed by atoms with Crippen LogP contribution in [0.15, 0.2) is 18.2 Å². The summed E-state index contributed by atoms with van der Waals surface area (Å²) in [7, 11) is 0. The number of nitro groups is 1. The Morgan fingerprint density at radius 2 is 2.26 bits per heavy atom. The summed E-state index contributed by atoms with van der Waals surface area (Å²) < 4.78 is 5.09. The number of nitro benzene ring substituents is 1. The number of hydrogen-bond donors (Lipinski definition) is 1. The highest BCUT2D eigenvalue weighted by molar-refractivity contribution is 6.33. The average Bonchev–Trinajstić information content (AvgIpc) is 2.33. The van der Waals surface area contributed by atoms with Crippen molar-refractivity contribution < 1.29 is 14.5 Å². The summed E-state index contributed by atoms with van der Waals surface area (Å²) in [6.07, 6.45) is 0. The van der Waals surface area contributed by atoms with E-state index in [1.54, 1.807) is 0 Å². The molecule has 1 heterocycles. The molecule has 1 aliphatic heterocycles. The maximum Gasteiger partial charge on any atom is 0.287 e. The van der Waals surface area contributed by atoms with Gasteiger partial charge in [-0.25, -0.2) is 0 Å². The van der Waals surface area contributed by atoms with Crippen LogP contribution in [0.1, 0.15) is 17.3 Å². The van der Waals surface area contributed by atoms with Crippen molar-refractivity contribution >= 4 is 23.2 Å². The number of carbonyl (C=O) groups excluding carboxylic acids is 1. The van der Waals surface area contributed by atoms with Crippen LogP contribution in [0.3, 0.4) is 0 Å². The minimum atomic E-state index is -0.587. The number of hydrogen-bond acceptors (Lipinski definition) is 4. The molecule has 1 aromatic carbocycles. The fourth-order valence-corrected chi connectivity index (χ4v) is 1.99. The van der Waals surface area contributed by atoms with Gasteiger partial charge in [0.05, 0.1) is 18.1 Å². The Labute approximate surface area is 114 Å². The molecule has 1 N–H and O–H groups in total. The molecule has 0 aliphatic carbocycles. The highest BCUT2D eigenvalue weighted by Crippen LogP contribution is 2.26. The summed E-state index contributed by atoms with van der Waals surface area (Å²) in [6, 6.07) is 3.92. The summed E-state index contributed by atoms with van der Waals surface area (Å²) in [5, 5.41) is 13.3. The van der Waals surface area contributed by atoms with Gasteiger partial charge in [-0.2, -0.15) is 0 Å². The van der Waals surface area contributed by atoms with E-state index in [0.29, 0.717) is 25.3 Å². The third-order valence-electron chi connectivity index (χ3n) is 2.98. The van der Waals surface area contributed by atoms with Crippen LogP contribution in [0, 0.1) is 15.5 Å². The molecular weight excluding hydrogens is 272 g/mol. The van der Waals surface area contributed by atoms with Gasteiger partial charge in [0.15, 0.2) is 0 Å². The van der Waals surface area contributed by atoms with E-state index in [0.717, 1.165) is 0 Å². The first kappa shape index (κ1) is 13.8. The molecule has 0 bridgehead atoms. The fourth-order valence-electron chi connectivity index (χ4n) is 1.74. The third kappa shape index (κ3) is 3.02. The van der Waals surface area contributed by atoms with E-state index in [-0.39, 0.29) is 22.0 Å². The first-order valence-electron chi connectivity index (χ1n) is 5.71. The Balaban J connectivity index is 2.03. The molecule has 0 unspecified atom stereocenters. The Hall–Kier alpha value is -1.66. The zero-order valence-electron chi connectivity index (χ0n) is 10.3. The number of amides is 1. The molecule has 0 aromatic heterocycles. The van der Waals surface area contributed by atoms with E-state index in [1.165, 1.54) is 18.2 Å². The second-order valence-corrected chi connectivity index (χ2v) is 5.32. The van der Waals surface area contributed by atoms with Gasteiger partial charge in [0, 0.05) is 23.6 Å². The molecule has 0 saturated carbocycles. The second-order valence-electron chi connectivity index (χ2n) is 4.91. The molecule has 0 spiro atoms. The molecule has 1 fully saturated rings. The van der Waals surface area contributed by atoms with Gasteiger partial charge >= 0.3 is 0 Å². The lowest BCUT2D eigenvalue weighted by Gasteiger charge is -2.38. The first-order valence-corrected chi connectivity index (χ1v) is 6.09. The van der Waals surface area contributed by atoms with Crippen molar-refractivity contribution in [3.8, 4) is 0 Å². The molecule has 6 nitrogen and oxygen atoms in total. The fraction of sp³-hybridized carbons (Fsp3) is 0.417. The van der Waals surface area contributed by atoms with E-state index in [1.807, 2.05) is 6.92 Å². The van der Waals surface area contributed by atoms with E-state index in [4.69, 9.17) is 16.3 Å². The molecule has 1 amide bonds. The number of halogens is 1. The van der Waals surface area contributed by atoms with E-state index >= 15 is 0 Å². The van der Waals surface area contributed by atoms with Crippen molar-refractivity contribution in [3.05, 3.63) is 38.9 Å². The van der Waals surface area contributed by atoms with Crippen LogP contribution in [0.4, 0.5) is 5.69 Å². The maximum absolute atomic E-state index is 11.9. The monoisotopic (exact) mass is 284 g/mol. The smallest absolute Gasteiger partial charge is 0.287 e. The van der Waals surface area contributed by atoms with Crippen molar-refractivity contribution in [1.82, 2.24) is 5.32 Å². The SMILES string of the molecule is CC1(CNC(=O)c2ccc([N+](=O)[O-])c(Cl)c2)COC1. The number of rotatable bonds is 4. The summed E-state index contributed by atoms with van der Waals surface area (Å²) in [6.45, 7) is 3.75. The third-order valence-corrected chi connectivity index (χ3v) is 3.29. The van der Waals surface area contributed by atoms with Gasteiger partial charge in [0.2, 0.25) is 0 Å². The van der Waals surface area contributed by atoms with Crippen LogP contribution in [-0.4, -0.2) is 30.6 Å². The molecule has 1 aliphatic rings. The van der Waals surface area contributed by atoms with Gasteiger partial charge in [-0.05, 0) is 12.1 Å². The summed E-state index contributed by atoms with van der Waals surface area (Å²) >= 11 is 5.76. The Morgan fingerprint density at radius 1 is 1.58 bits per heavy atom. The van der Waals surface area contributed by atoms with E-state index in [9.17, 15) is 14.9 Å². The predicted molar refractivity (Wildman–Crippen MR) is 69.4 cm³/mol. The number of ether oxygens (including phenoxy) is 1. The lowest BCUT2D eigenvalue weighted by molar-refractivity contribution is -0.384. The summed E-state index contributed by atoms with van der Waals surface area (Å²) in [4.78, 5) is 21.9. The highest BCUT2D eigenvalue weighted by Gasteiger charge is 2.33. The van der Waals surface area contributed by atoms with Gasteiger partial charge in [0.1, 0.15) is 5.02 Å². The van der Waals surface area contributed by atoms with Crippen LogP contribution in [0.5, 0.6) is 0 Å². The largest absolute Gasteiger partial charge is 0.380 e. The van der Waals surface area contributed by atoms with Crippen molar-refractivity contribution in [2.24, 2.45) is 5.41 Å². The predicted octanol–water partition coefficient (Wildman–Crippen LogP) is 2.01. The molecule has 19 heavy (non-hydrogen) atoms. The van der Waals surface area contributed by atoms with Gasteiger partial charge in [0.25, 0.3) is 11.6 Å². The van der Waals surface area contributed by atoms with Gasteiger partial charge in [-0.15, -0.1) is 0 Å². The number of nitrogens with zero attached hydrogens (tertiary/aromatic N) is 1. The highest BCUT2D eigenvalue weighted by atomic mass is 35.5. The minimum Gasteiger partial charge on any atom is -0.380 e. The maximum atomic E-state index is 11.9. The van der Waals surface area contributed by atoms with Crippen molar-refractivity contribution in [3.63, 3.8) is 0 Å². The molecule has 0 radical (unpaired) electrons. The lowest BCUT2D eigenvalue weighted by Crippen LogP contribution is -2.48. The Kier molecular flexibility index (Phi) is 3.73. The average molecular weight is 285 g/mol.